The van der Waals surface area contributed by atoms with Crippen LogP contribution in [0.2, 0.25) is 0 Å². The molecular weight excluding hydrogens is 224 g/mol. The highest BCUT2D eigenvalue weighted by molar-refractivity contribution is 5.41. The summed E-state index contributed by atoms with van der Waals surface area (Å²) in [6.45, 7) is 5.37. The smallest absolute Gasteiger partial charge is 0.128 e. The molecular formula is C14H24N4. The van der Waals surface area contributed by atoms with Crippen LogP contribution in [0.15, 0.2) is 18.3 Å². The van der Waals surface area contributed by atoms with Crippen LogP contribution in [0.3, 0.4) is 0 Å². The topological polar surface area (TPSA) is 31.4 Å². The summed E-state index contributed by atoms with van der Waals surface area (Å²) in [6, 6.07) is 4.92. The molecule has 2 heterocycles. The highest BCUT2D eigenvalue weighted by Gasteiger charge is 2.31. The lowest BCUT2D eigenvalue weighted by atomic mass is 10.1. The Bertz CT molecular complexity index is 374. The lowest BCUT2D eigenvalue weighted by Gasteiger charge is -2.22. The van der Waals surface area contributed by atoms with E-state index in [-0.39, 0.29) is 0 Å². The lowest BCUT2D eigenvalue weighted by molar-refractivity contribution is 0.266. The van der Waals surface area contributed by atoms with Gasteiger partial charge in [0.25, 0.3) is 0 Å². The third-order valence-electron chi connectivity index (χ3n) is 3.75. The summed E-state index contributed by atoms with van der Waals surface area (Å²) >= 11 is 0. The van der Waals surface area contributed by atoms with Crippen molar-refractivity contribution in [3.05, 3.63) is 23.9 Å². The van der Waals surface area contributed by atoms with E-state index in [0.717, 1.165) is 25.5 Å². The van der Waals surface area contributed by atoms with E-state index in [1.54, 1.807) is 0 Å². The largest absolute Gasteiger partial charge is 0.355 e. The van der Waals surface area contributed by atoms with Crippen molar-refractivity contribution in [2.45, 2.75) is 19.5 Å². The van der Waals surface area contributed by atoms with Crippen molar-refractivity contribution in [2.24, 2.45) is 5.92 Å². The van der Waals surface area contributed by atoms with Gasteiger partial charge in [0, 0.05) is 31.9 Å². The number of anilines is 1. The van der Waals surface area contributed by atoms with Crippen LogP contribution in [-0.4, -0.2) is 50.2 Å². The molecule has 2 unspecified atom stereocenters. The predicted molar refractivity (Wildman–Crippen MR) is 75.9 cm³/mol. The summed E-state index contributed by atoms with van der Waals surface area (Å²) in [4.78, 5) is 9.28. The van der Waals surface area contributed by atoms with E-state index in [1.165, 1.54) is 5.56 Å². The number of nitrogens with zero attached hydrogens (tertiary/aromatic N) is 3. The van der Waals surface area contributed by atoms with Gasteiger partial charge in [0.15, 0.2) is 0 Å². The molecule has 18 heavy (non-hydrogen) atoms. The molecule has 0 radical (unpaired) electrons. The molecule has 100 valence electrons. The number of hydrogen-bond donors (Lipinski definition) is 1. The average molecular weight is 248 g/mol. The molecule has 1 aliphatic rings. The van der Waals surface area contributed by atoms with Crippen molar-refractivity contribution in [2.75, 3.05) is 39.1 Å². The molecule has 2 rings (SSSR count). The molecule has 0 aliphatic carbocycles. The number of nitrogens with one attached hydrogen (secondary N) is 1. The van der Waals surface area contributed by atoms with Crippen LogP contribution in [0.1, 0.15) is 12.5 Å². The first-order chi connectivity index (χ1) is 8.61. The first kappa shape index (κ1) is 13.3. The second-order valence-corrected chi connectivity index (χ2v) is 5.47. The fourth-order valence-corrected chi connectivity index (χ4v) is 2.72. The maximum absolute atomic E-state index is 4.57. The Labute approximate surface area is 110 Å². The van der Waals surface area contributed by atoms with Gasteiger partial charge in [-0.15, -0.1) is 0 Å². The van der Waals surface area contributed by atoms with Gasteiger partial charge in [-0.2, -0.15) is 0 Å². The maximum atomic E-state index is 4.57. The summed E-state index contributed by atoms with van der Waals surface area (Å²) in [6.07, 6.45) is 1.97. The highest BCUT2D eigenvalue weighted by Crippen LogP contribution is 2.24. The van der Waals surface area contributed by atoms with Gasteiger partial charge in [0.1, 0.15) is 5.82 Å². The molecule has 4 heteroatoms. The first-order valence-electron chi connectivity index (χ1n) is 6.62. The predicted octanol–water partition coefficient (Wildman–Crippen LogP) is 1.19. The molecule has 0 saturated carbocycles. The Hall–Kier alpha value is -1.13. The molecule has 1 aromatic heterocycles. The molecule has 1 fully saturated rings. The Morgan fingerprint density at radius 2 is 2.17 bits per heavy atom. The molecule has 0 amide bonds. The van der Waals surface area contributed by atoms with Gasteiger partial charge in [-0.1, -0.05) is 13.0 Å². The first-order valence-corrected chi connectivity index (χ1v) is 6.62. The van der Waals surface area contributed by atoms with Crippen molar-refractivity contribution in [3.63, 3.8) is 0 Å². The molecule has 0 spiro atoms. The molecule has 1 aromatic rings. The standard InChI is InChI=1S/C14H24N4/c1-11-9-18(10-13(11)17(3)4)14-6-5-12(7-15-2)8-16-14/h5-6,8,11,13,15H,7,9-10H2,1-4H3. The third-order valence-corrected chi connectivity index (χ3v) is 3.75. The van der Waals surface area contributed by atoms with Crippen LogP contribution in [0, 0.1) is 5.92 Å². The van der Waals surface area contributed by atoms with Gasteiger partial charge in [-0.25, -0.2) is 4.98 Å². The van der Waals surface area contributed by atoms with Crippen molar-refractivity contribution in [1.82, 2.24) is 15.2 Å². The number of pyridine rings is 1. The van der Waals surface area contributed by atoms with Crippen LogP contribution >= 0.6 is 0 Å². The summed E-state index contributed by atoms with van der Waals surface area (Å²) < 4.78 is 0. The van der Waals surface area contributed by atoms with Gasteiger partial charge >= 0.3 is 0 Å². The quantitative estimate of drug-likeness (QED) is 0.867. The van der Waals surface area contributed by atoms with E-state index in [0.29, 0.717) is 12.0 Å². The summed E-state index contributed by atoms with van der Waals surface area (Å²) in [5.41, 5.74) is 1.23. The lowest BCUT2D eigenvalue weighted by Crippen LogP contribution is -2.34. The molecule has 2 atom stereocenters. The zero-order valence-corrected chi connectivity index (χ0v) is 11.8. The van der Waals surface area contributed by atoms with E-state index in [2.05, 4.69) is 53.3 Å². The molecule has 1 N–H and O–H groups in total. The van der Waals surface area contributed by atoms with E-state index in [9.17, 15) is 0 Å². The molecule has 1 saturated heterocycles. The van der Waals surface area contributed by atoms with Crippen LogP contribution in [0.5, 0.6) is 0 Å². The molecule has 0 aromatic carbocycles. The van der Waals surface area contributed by atoms with Crippen molar-refractivity contribution in [3.8, 4) is 0 Å². The number of hydrogen-bond acceptors (Lipinski definition) is 4. The maximum Gasteiger partial charge on any atom is 0.128 e. The minimum atomic E-state index is 0.629. The number of likely N-dealkylation sites (N-methyl/N-ethyl adjacent to an activating group) is 1. The van der Waals surface area contributed by atoms with E-state index in [1.807, 2.05) is 13.2 Å². The fraction of sp³-hybridized carbons (Fsp3) is 0.643. The summed E-state index contributed by atoms with van der Waals surface area (Å²) in [5, 5.41) is 3.14. The average Bonchev–Trinajstić information content (AvgIpc) is 2.73. The minimum absolute atomic E-state index is 0.629. The van der Waals surface area contributed by atoms with Gasteiger partial charge in [-0.05, 0) is 38.7 Å². The van der Waals surface area contributed by atoms with Crippen molar-refractivity contribution in [1.29, 1.82) is 0 Å². The summed E-state index contributed by atoms with van der Waals surface area (Å²) in [5.74, 6) is 1.80. The fourth-order valence-electron chi connectivity index (χ4n) is 2.72. The van der Waals surface area contributed by atoms with Crippen LogP contribution in [0.25, 0.3) is 0 Å². The monoisotopic (exact) mass is 248 g/mol. The van der Waals surface area contributed by atoms with Gasteiger partial charge in [0.2, 0.25) is 0 Å². The Morgan fingerprint density at radius 3 is 2.67 bits per heavy atom. The normalized spacial score (nSPS) is 23.9. The number of aromatic nitrogens is 1. The molecule has 4 nitrogen and oxygen atoms in total. The van der Waals surface area contributed by atoms with Crippen LogP contribution < -0.4 is 10.2 Å². The molecule has 1 aliphatic heterocycles. The molecule has 0 bridgehead atoms. The van der Waals surface area contributed by atoms with Gasteiger partial charge in [0.05, 0.1) is 0 Å². The second kappa shape index (κ2) is 5.67. The SMILES string of the molecule is CNCc1ccc(N2CC(C)C(N(C)C)C2)nc1. The highest BCUT2D eigenvalue weighted by atomic mass is 15.3. The van der Waals surface area contributed by atoms with Crippen molar-refractivity contribution >= 4 is 5.82 Å². The Balaban J connectivity index is 2.04. The zero-order chi connectivity index (χ0) is 13.1. The third kappa shape index (κ3) is 2.82. The Kier molecular flexibility index (Phi) is 4.19. The van der Waals surface area contributed by atoms with E-state index < -0.39 is 0 Å². The van der Waals surface area contributed by atoms with Crippen molar-refractivity contribution < 1.29 is 0 Å². The minimum Gasteiger partial charge on any atom is -0.355 e. The van der Waals surface area contributed by atoms with Gasteiger partial charge in [-0.3, -0.25) is 0 Å². The van der Waals surface area contributed by atoms with Gasteiger partial charge < -0.3 is 15.1 Å². The summed E-state index contributed by atoms with van der Waals surface area (Å²) in [7, 11) is 6.28. The van der Waals surface area contributed by atoms with Crippen LogP contribution in [-0.2, 0) is 6.54 Å². The Morgan fingerprint density at radius 1 is 1.39 bits per heavy atom. The van der Waals surface area contributed by atoms with E-state index >= 15 is 0 Å². The zero-order valence-electron chi connectivity index (χ0n) is 11.8. The van der Waals surface area contributed by atoms with E-state index in [4.69, 9.17) is 0 Å². The second-order valence-electron chi connectivity index (χ2n) is 5.47. The number of rotatable bonds is 4. The van der Waals surface area contributed by atoms with Crippen LogP contribution in [0.4, 0.5) is 5.82 Å².